The van der Waals surface area contributed by atoms with Gasteiger partial charge in [0, 0.05) is 38.2 Å². The predicted octanol–water partition coefficient (Wildman–Crippen LogP) is 1.53. The van der Waals surface area contributed by atoms with Crippen molar-refractivity contribution < 1.29 is 9.53 Å². The maximum atomic E-state index is 12.5. The first kappa shape index (κ1) is 17.7. The summed E-state index contributed by atoms with van der Waals surface area (Å²) in [7, 11) is 1.71. The molecule has 0 aromatic carbocycles. The van der Waals surface area contributed by atoms with Gasteiger partial charge in [0.25, 0.3) is 0 Å². The zero-order chi connectivity index (χ0) is 16.8. The van der Waals surface area contributed by atoms with Gasteiger partial charge in [-0.1, -0.05) is 0 Å². The van der Waals surface area contributed by atoms with Gasteiger partial charge in [0.2, 0.25) is 5.91 Å². The summed E-state index contributed by atoms with van der Waals surface area (Å²) < 4.78 is 6.56. The second kappa shape index (κ2) is 8.24. The van der Waals surface area contributed by atoms with E-state index in [0.717, 1.165) is 44.7 Å². The molecule has 2 rings (SSSR count). The number of methoxy groups -OCH3 is 1. The van der Waals surface area contributed by atoms with Crippen LogP contribution in [0, 0.1) is 19.8 Å². The number of nitrogens with zero attached hydrogens (tertiary/aromatic N) is 3. The van der Waals surface area contributed by atoms with E-state index in [0.29, 0.717) is 11.6 Å². The van der Waals surface area contributed by atoms with Gasteiger partial charge in [-0.3, -0.25) is 9.36 Å². The van der Waals surface area contributed by atoms with Gasteiger partial charge >= 0.3 is 5.69 Å². The third kappa shape index (κ3) is 4.89. The van der Waals surface area contributed by atoms with E-state index in [-0.39, 0.29) is 18.1 Å². The second-order valence-corrected chi connectivity index (χ2v) is 6.39. The maximum Gasteiger partial charge on any atom is 0.348 e. The number of aromatic nitrogens is 2. The largest absolute Gasteiger partial charge is 0.385 e. The Kier molecular flexibility index (Phi) is 6.33. The number of ether oxygens (including phenoxy) is 1. The minimum absolute atomic E-state index is 0.0114. The maximum absolute atomic E-state index is 12.5. The van der Waals surface area contributed by atoms with Crippen molar-refractivity contribution in [3.05, 3.63) is 27.9 Å². The molecular formula is C17H27N3O3. The fourth-order valence-corrected chi connectivity index (χ4v) is 3.25. The summed E-state index contributed by atoms with van der Waals surface area (Å²) in [6, 6.07) is 1.83. The average molecular weight is 321 g/mol. The third-order valence-corrected chi connectivity index (χ3v) is 4.47. The van der Waals surface area contributed by atoms with Gasteiger partial charge in [0.1, 0.15) is 6.54 Å². The Morgan fingerprint density at radius 1 is 1.43 bits per heavy atom. The van der Waals surface area contributed by atoms with E-state index < -0.39 is 0 Å². The summed E-state index contributed by atoms with van der Waals surface area (Å²) >= 11 is 0. The number of aryl methyl sites for hydroxylation is 2. The molecule has 128 valence electrons. The zero-order valence-electron chi connectivity index (χ0n) is 14.4. The predicted molar refractivity (Wildman–Crippen MR) is 88.4 cm³/mol. The lowest BCUT2D eigenvalue weighted by Gasteiger charge is -2.33. The summed E-state index contributed by atoms with van der Waals surface area (Å²) in [5.41, 5.74) is 1.13. The molecule has 0 saturated carbocycles. The van der Waals surface area contributed by atoms with E-state index in [1.165, 1.54) is 11.0 Å². The van der Waals surface area contributed by atoms with Crippen LogP contribution in [-0.2, 0) is 16.1 Å². The van der Waals surface area contributed by atoms with Crippen molar-refractivity contribution in [2.24, 2.45) is 5.92 Å². The topological polar surface area (TPSA) is 64.4 Å². The SMILES string of the molecule is COCCCC1CCCN(C(=O)Cn2c(C)cc(C)nc2=O)C1. The number of likely N-dealkylation sites (tertiary alicyclic amines) is 1. The van der Waals surface area contributed by atoms with Crippen molar-refractivity contribution in [2.45, 2.75) is 46.1 Å². The Labute approximate surface area is 137 Å². The van der Waals surface area contributed by atoms with E-state index in [1.807, 2.05) is 17.9 Å². The van der Waals surface area contributed by atoms with Gasteiger partial charge in [-0.2, -0.15) is 4.98 Å². The molecule has 1 amide bonds. The number of hydrogen-bond acceptors (Lipinski definition) is 4. The highest BCUT2D eigenvalue weighted by Gasteiger charge is 2.24. The van der Waals surface area contributed by atoms with E-state index in [4.69, 9.17) is 4.74 Å². The van der Waals surface area contributed by atoms with Crippen molar-refractivity contribution in [3.8, 4) is 0 Å². The number of rotatable bonds is 6. The van der Waals surface area contributed by atoms with E-state index in [2.05, 4.69) is 4.98 Å². The molecule has 0 spiro atoms. The Morgan fingerprint density at radius 2 is 2.22 bits per heavy atom. The fourth-order valence-electron chi connectivity index (χ4n) is 3.25. The highest BCUT2D eigenvalue weighted by atomic mass is 16.5. The van der Waals surface area contributed by atoms with Gasteiger partial charge in [-0.15, -0.1) is 0 Å². The van der Waals surface area contributed by atoms with Crippen LogP contribution in [0.5, 0.6) is 0 Å². The molecule has 23 heavy (non-hydrogen) atoms. The normalized spacial score (nSPS) is 18.2. The molecule has 6 heteroatoms. The first-order chi connectivity index (χ1) is 11.0. The molecule has 1 aliphatic rings. The minimum Gasteiger partial charge on any atom is -0.385 e. The monoisotopic (exact) mass is 321 g/mol. The molecule has 1 aromatic heterocycles. The summed E-state index contributed by atoms with van der Waals surface area (Å²) in [5.74, 6) is 0.550. The van der Waals surface area contributed by atoms with E-state index in [1.54, 1.807) is 14.0 Å². The Bertz CT molecular complexity index is 597. The summed E-state index contributed by atoms with van der Waals surface area (Å²) in [5, 5.41) is 0. The molecule has 1 fully saturated rings. The molecule has 0 N–H and O–H groups in total. The smallest absolute Gasteiger partial charge is 0.348 e. The molecule has 0 aliphatic carbocycles. The van der Waals surface area contributed by atoms with Gasteiger partial charge in [0.05, 0.1) is 0 Å². The van der Waals surface area contributed by atoms with E-state index >= 15 is 0 Å². The first-order valence-corrected chi connectivity index (χ1v) is 8.33. The van der Waals surface area contributed by atoms with Crippen LogP contribution >= 0.6 is 0 Å². The molecule has 1 atom stereocenters. The van der Waals surface area contributed by atoms with Crippen LogP contribution < -0.4 is 5.69 Å². The van der Waals surface area contributed by atoms with Crippen LogP contribution in [0.4, 0.5) is 0 Å². The van der Waals surface area contributed by atoms with Crippen molar-refractivity contribution >= 4 is 5.91 Å². The number of hydrogen-bond donors (Lipinski definition) is 0. The summed E-state index contributed by atoms with van der Waals surface area (Å²) in [6.45, 7) is 6.06. The lowest BCUT2D eigenvalue weighted by molar-refractivity contribution is -0.133. The van der Waals surface area contributed by atoms with Crippen LogP contribution in [0.2, 0.25) is 0 Å². The molecular weight excluding hydrogens is 294 g/mol. The number of amides is 1. The number of piperidine rings is 1. The van der Waals surface area contributed by atoms with Crippen LogP contribution in [0.3, 0.4) is 0 Å². The molecule has 1 saturated heterocycles. The van der Waals surface area contributed by atoms with Gasteiger partial charge in [0.15, 0.2) is 0 Å². The molecule has 1 unspecified atom stereocenters. The molecule has 1 aliphatic heterocycles. The minimum atomic E-state index is -0.343. The van der Waals surface area contributed by atoms with Crippen LogP contribution in [-0.4, -0.2) is 47.2 Å². The standard InChI is InChI=1S/C17H27N3O3/c1-13-10-14(2)20(17(22)18-13)12-16(21)19-8-4-6-15(11-19)7-5-9-23-3/h10,15H,4-9,11-12H2,1-3H3. The Hall–Kier alpha value is -1.69. The molecule has 0 radical (unpaired) electrons. The van der Waals surface area contributed by atoms with E-state index in [9.17, 15) is 9.59 Å². The number of carbonyl (C=O) groups is 1. The Balaban J connectivity index is 1.96. The highest BCUT2D eigenvalue weighted by molar-refractivity contribution is 5.76. The average Bonchev–Trinajstić information content (AvgIpc) is 2.51. The lowest BCUT2D eigenvalue weighted by Crippen LogP contribution is -2.43. The van der Waals surface area contributed by atoms with Crippen molar-refractivity contribution in [1.82, 2.24) is 14.5 Å². The molecule has 2 heterocycles. The van der Waals surface area contributed by atoms with Crippen molar-refractivity contribution in [3.63, 3.8) is 0 Å². The lowest BCUT2D eigenvalue weighted by atomic mass is 9.93. The zero-order valence-corrected chi connectivity index (χ0v) is 14.4. The molecule has 0 bridgehead atoms. The Morgan fingerprint density at radius 3 is 2.91 bits per heavy atom. The van der Waals surface area contributed by atoms with Crippen molar-refractivity contribution in [1.29, 1.82) is 0 Å². The summed E-state index contributed by atoms with van der Waals surface area (Å²) in [4.78, 5) is 30.3. The number of carbonyl (C=O) groups excluding carboxylic acids is 1. The van der Waals surface area contributed by atoms with Gasteiger partial charge in [-0.05, 0) is 51.5 Å². The highest BCUT2D eigenvalue weighted by Crippen LogP contribution is 2.21. The van der Waals surface area contributed by atoms with Gasteiger partial charge in [-0.25, -0.2) is 4.79 Å². The van der Waals surface area contributed by atoms with Crippen molar-refractivity contribution in [2.75, 3.05) is 26.8 Å². The van der Waals surface area contributed by atoms with Crippen LogP contribution in [0.15, 0.2) is 10.9 Å². The quantitative estimate of drug-likeness (QED) is 0.745. The fraction of sp³-hybridized carbons (Fsp3) is 0.706. The molecule has 6 nitrogen and oxygen atoms in total. The first-order valence-electron chi connectivity index (χ1n) is 8.33. The second-order valence-electron chi connectivity index (χ2n) is 6.39. The summed E-state index contributed by atoms with van der Waals surface area (Å²) in [6.07, 6.45) is 4.31. The van der Waals surface area contributed by atoms with Gasteiger partial charge < -0.3 is 9.64 Å². The molecule has 1 aromatic rings. The third-order valence-electron chi connectivity index (χ3n) is 4.47. The van der Waals surface area contributed by atoms with Crippen LogP contribution in [0.25, 0.3) is 0 Å². The van der Waals surface area contributed by atoms with Crippen LogP contribution in [0.1, 0.15) is 37.1 Å².